The Morgan fingerprint density at radius 1 is 0.960 bits per heavy atom. The number of rotatable bonds is 3. The summed E-state index contributed by atoms with van der Waals surface area (Å²) in [5, 5.41) is 11.6. The Hall–Kier alpha value is -2.62. The summed E-state index contributed by atoms with van der Waals surface area (Å²) in [6.45, 7) is 0. The van der Waals surface area contributed by atoms with Crippen molar-refractivity contribution in [2.75, 3.05) is 0 Å². The minimum Gasteiger partial charge on any atom is -0.481 e. The van der Waals surface area contributed by atoms with Gasteiger partial charge in [-0.15, -0.1) is 0 Å². The Bertz CT molecular complexity index is 731. The molecule has 2 N–H and O–H groups in total. The van der Waals surface area contributed by atoms with E-state index in [1.165, 1.54) is 25.7 Å². The Labute approximate surface area is 147 Å². The van der Waals surface area contributed by atoms with Crippen molar-refractivity contribution in [2.45, 2.75) is 38.1 Å². The van der Waals surface area contributed by atoms with Crippen LogP contribution in [0.5, 0.6) is 0 Å². The van der Waals surface area contributed by atoms with Crippen molar-refractivity contribution in [2.24, 2.45) is 5.92 Å². The lowest BCUT2D eigenvalue weighted by Gasteiger charge is -2.15. The fourth-order valence-corrected chi connectivity index (χ4v) is 3.78. The van der Waals surface area contributed by atoms with Gasteiger partial charge in [0.15, 0.2) is 0 Å². The SMILES string of the molecule is O=CNC1c2ccccc2CC1C(=O)O.c1ccc2c(c1)CCCC2. The van der Waals surface area contributed by atoms with Gasteiger partial charge in [-0.3, -0.25) is 9.59 Å². The van der Waals surface area contributed by atoms with Crippen molar-refractivity contribution in [1.29, 1.82) is 0 Å². The number of carboxylic acid groups (broad SMARTS) is 1. The summed E-state index contributed by atoms with van der Waals surface area (Å²) >= 11 is 0. The van der Waals surface area contributed by atoms with E-state index in [2.05, 4.69) is 29.6 Å². The van der Waals surface area contributed by atoms with E-state index in [9.17, 15) is 9.59 Å². The molecule has 0 fully saturated rings. The second kappa shape index (κ2) is 7.97. The van der Waals surface area contributed by atoms with E-state index in [1.54, 1.807) is 11.1 Å². The summed E-state index contributed by atoms with van der Waals surface area (Å²) < 4.78 is 0. The maximum atomic E-state index is 11.0. The molecule has 4 nitrogen and oxygen atoms in total. The average Bonchev–Trinajstić information content (AvgIpc) is 3.02. The van der Waals surface area contributed by atoms with Crippen LogP contribution in [0, 0.1) is 5.92 Å². The van der Waals surface area contributed by atoms with Crippen molar-refractivity contribution in [1.82, 2.24) is 5.32 Å². The number of aliphatic carboxylic acids is 1. The molecule has 2 aliphatic carbocycles. The number of carbonyl (C=O) groups excluding carboxylic acids is 1. The van der Waals surface area contributed by atoms with E-state index in [-0.39, 0.29) is 0 Å². The second-order valence-corrected chi connectivity index (χ2v) is 6.59. The maximum absolute atomic E-state index is 11.0. The van der Waals surface area contributed by atoms with Crippen LogP contribution in [0.15, 0.2) is 48.5 Å². The van der Waals surface area contributed by atoms with Crippen LogP contribution in [0.2, 0.25) is 0 Å². The fraction of sp³-hybridized carbons (Fsp3) is 0.333. The smallest absolute Gasteiger partial charge is 0.309 e. The predicted octanol–water partition coefficient (Wildman–Crippen LogP) is 3.30. The van der Waals surface area contributed by atoms with Crippen LogP contribution in [-0.4, -0.2) is 17.5 Å². The molecule has 25 heavy (non-hydrogen) atoms. The monoisotopic (exact) mass is 337 g/mol. The number of aryl methyl sites for hydroxylation is 2. The zero-order valence-corrected chi connectivity index (χ0v) is 14.2. The van der Waals surface area contributed by atoms with Crippen LogP contribution < -0.4 is 5.32 Å². The quantitative estimate of drug-likeness (QED) is 0.845. The van der Waals surface area contributed by atoms with Gasteiger partial charge in [0.05, 0.1) is 12.0 Å². The normalized spacial score (nSPS) is 20.5. The minimum atomic E-state index is -0.870. The molecule has 0 bridgehead atoms. The van der Waals surface area contributed by atoms with Crippen molar-refractivity contribution < 1.29 is 14.7 Å². The number of hydrogen-bond donors (Lipinski definition) is 2. The van der Waals surface area contributed by atoms with Crippen LogP contribution in [0.4, 0.5) is 0 Å². The lowest BCUT2D eigenvalue weighted by atomic mass is 9.92. The first-order valence-electron chi connectivity index (χ1n) is 8.78. The van der Waals surface area contributed by atoms with Crippen LogP contribution in [0.1, 0.15) is 41.1 Å². The lowest BCUT2D eigenvalue weighted by molar-refractivity contribution is -0.142. The highest BCUT2D eigenvalue weighted by Crippen LogP contribution is 2.35. The predicted molar refractivity (Wildman–Crippen MR) is 96.3 cm³/mol. The van der Waals surface area contributed by atoms with E-state index >= 15 is 0 Å². The van der Waals surface area contributed by atoms with Crippen LogP contribution in [0.25, 0.3) is 0 Å². The summed E-state index contributed by atoms with van der Waals surface area (Å²) in [5.41, 5.74) is 5.07. The highest BCUT2D eigenvalue weighted by molar-refractivity contribution is 5.74. The highest BCUT2D eigenvalue weighted by atomic mass is 16.4. The zero-order chi connectivity index (χ0) is 17.6. The lowest BCUT2D eigenvalue weighted by Crippen LogP contribution is -2.29. The molecule has 0 saturated carbocycles. The van der Waals surface area contributed by atoms with Gasteiger partial charge in [0, 0.05) is 0 Å². The molecule has 0 radical (unpaired) electrons. The summed E-state index contributed by atoms with van der Waals surface area (Å²) in [5.74, 6) is -1.42. The summed E-state index contributed by atoms with van der Waals surface area (Å²) in [7, 11) is 0. The number of amides is 1. The molecule has 0 aromatic heterocycles. The van der Waals surface area contributed by atoms with E-state index in [1.807, 2.05) is 24.3 Å². The highest BCUT2D eigenvalue weighted by Gasteiger charge is 2.36. The Kier molecular flexibility index (Phi) is 5.49. The topological polar surface area (TPSA) is 66.4 Å². The third-order valence-corrected chi connectivity index (χ3v) is 5.06. The molecule has 1 amide bonds. The summed E-state index contributed by atoms with van der Waals surface area (Å²) in [4.78, 5) is 21.4. The van der Waals surface area contributed by atoms with Gasteiger partial charge in [0.2, 0.25) is 6.41 Å². The van der Waals surface area contributed by atoms with E-state index in [0.717, 1.165) is 11.1 Å². The van der Waals surface area contributed by atoms with E-state index in [0.29, 0.717) is 12.8 Å². The Morgan fingerprint density at radius 3 is 2.08 bits per heavy atom. The molecular formula is C21H23NO3. The Morgan fingerprint density at radius 2 is 1.52 bits per heavy atom. The van der Waals surface area contributed by atoms with Gasteiger partial charge >= 0.3 is 5.97 Å². The third-order valence-electron chi connectivity index (χ3n) is 5.06. The molecule has 0 heterocycles. The molecule has 0 saturated heterocycles. The summed E-state index contributed by atoms with van der Waals surface area (Å²) in [6.07, 6.45) is 6.42. The maximum Gasteiger partial charge on any atom is 0.309 e. The zero-order valence-electron chi connectivity index (χ0n) is 14.2. The fourth-order valence-electron chi connectivity index (χ4n) is 3.78. The van der Waals surface area contributed by atoms with Gasteiger partial charge in [0.1, 0.15) is 0 Å². The molecule has 2 atom stereocenters. The van der Waals surface area contributed by atoms with Gasteiger partial charge in [-0.25, -0.2) is 0 Å². The standard InChI is InChI=1S/C11H11NO3.C10H12/c13-6-12-10-8-4-2-1-3-7(8)5-9(10)11(14)15;1-2-6-10-8-4-3-7-9(10)5-1/h1-4,6,9-10H,5H2,(H,12,13)(H,14,15);1-2,5-6H,3-4,7-8H2. The number of carbonyl (C=O) groups is 2. The number of nitrogens with one attached hydrogen (secondary N) is 1. The van der Waals surface area contributed by atoms with Crippen LogP contribution >= 0.6 is 0 Å². The van der Waals surface area contributed by atoms with Crippen molar-refractivity contribution in [3.05, 3.63) is 70.8 Å². The molecule has 2 aromatic carbocycles. The molecule has 130 valence electrons. The van der Waals surface area contributed by atoms with Crippen LogP contribution in [0.3, 0.4) is 0 Å². The molecule has 0 spiro atoms. The second-order valence-electron chi connectivity index (χ2n) is 6.59. The molecule has 2 unspecified atom stereocenters. The first-order chi connectivity index (χ1) is 12.2. The van der Waals surface area contributed by atoms with Gasteiger partial charge in [-0.2, -0.15) is 0 Å². The number of hydrogen-bond acceptors (Lipinski definition) is 2. The first-order valence-corrected chi connectivity index (χ1v) is 8.78. The van der Waals surface area contributed by atoms with Gasteiger partial charge in [-0.05, 0) is 54.4 Å². The average molecular weight is 337 g/mol. The third kappa shape index (κ3) is 3.90. The molecular weight excluding hydrogens is 314 g/mol. The largest absolute Gasteiger partial charge is 0.481 e. The van der Waals surface area contributed by atoms with Gasteiger partial charge < -0.3 is 10.4 Å². The van der Waals surface area contributed by atoms with Gasteiger partial charge in [0.25, 0.3) is 0 Å². The minimum absolute atomic E-state index is 0.392. The molecule has 4 heteroatoms. The molecule has 2 aliphatic rings. The number of fused-ring (bicyclic) bond motifs is 2. The van der Waals surface area contributed by atoms with Gasteiger partial charge in [-0.1, -0.05) is 48.5 Å². The van der Waals surface area contributed by atoms with E-state index in [4.69, 9.17) is 5.11 Å². The molecule has 4 rings (SSSR count). The van der Waals surface area contributed by atoms with Crippen molar-refractivity contribution in [3.8, 4) is 0 Å². The van der Waals surface area contributed by atoms with Crippen LogP contribution in [-0.2, 0) is 28.9 Å². The molecule has 2 aromatic rings. The van der Waals surface area contributed by atoms with E-state index < -0.39 is 17.9 Å². The Balaban J connectivity index is 0.000000157. The molecule has 0 aliphatic heterocycles. The van der Waals surface area contributed by atoms with Crippen molar-refractivity contribution >= 4 is 12.4 Å². The first kappa shape index (κ1) is 17.2. The number of benzene rings is 2. The number of carboxylic acids is 1. The van der Waals surface area contributed by atoms with Crippen molar-refractivity contribution in [3.63, 3.8) is 0 Å². The summed E-state index contributed by atoms with van der Waals surface area (Å²) in [6, 6.07) is 15.9.